The fourth-order valence-corrected chi connectivity index (χ4v) is 5.85. The van der Waals surface area contributed by atoms with Gasteiger partial charge in [0.2, 0.25) is 5.91 Å². The fourth-order valence-electron chi connectivity index (χ4n) is 3.60. The molecule has 1 heterocycles. The number of aryl methyl sites for hydroxylation is 1. The van der Waals surface area contributed by atoms with Crippen molar-refractivity contribution in [3.05, 3.63) is 78.1 Å². The molecule has 1 unspecified atom stereocenters. The predicted octanol–water partition coefficient (Wildman–Crippen LogP) is 5.38. The topological polar surface area (TPSA) is 93.9 Å². The number of carbonyl (C=O) groups is 1. The van der Waals surface area contributed by atoms with Gasteiger partial charge in [-0.05, 0) is 43.0 Å². The summed E-state index contributed by atoms with van der Waals surface area (Å²) in [5.74, 6) is 0.163. The molecule has 0 saturated heterocycles. The van der Waals surface area contributed by atoms with Crippen LogP contribution in [0, 0.1) is 6.92 Å². The number of hydrogen-bond acceptors (Lipinski definition) is 6. The van der Waals surface area contributed by atoms with Crippen LogP contribution in [0.15, 0.2) is 71.2 Å². The van der Waals surface area contributed by atoms with E-state index in [4.69, 9.17) is 0 Å². The molecule has 0 spiro atoms. The number of nitrogens with one attached hydrogen (secondary N) is 1. The zero-order valence-electron chi connectivity index (χ0n) is 20.6. The fraction of sp³-hybridized carbons (Fsp3) is 0.346. The molecule has 9 heteroatoms. The summed E-state index contributed by atoms with van der Waals surface area (Å²) in [6, 6.07) is 14.5. The van der Waals surface area contributed by atoms with Gasteiger partial charge in [-0.3, -0.25) is 4.79 Å². The molecular formula is C26H32N4O3S2. The highest BCUT2D eigenvalue weighted by atomic mass is 32.2. The summed E-state index contributed by atoms with van der Waals surface area (Å²) < 4.78 is 27.7. The summed E-state index contributed by atoms with van der Waals surface area (Å²) in [6.07, 6.45) is 2.23. The number of thioether (sulfide) groups is 1. The van der Waals surface area contributed by atoms with Crippen LogP contribution in [0.25, 0.3) is 0 Å². The van der Waals surface area contributed by atoms with Gasteiger partial charge >= 0.3 is 0 Å². The van der Waals surface area contributed by atoms with Crippen LogP contribution in [0.5, 0.6) is 0 Å². The van der Waals surface area contributed by atoms with E-state index in [9.17, 15) is 13.2 Å². The second kappa shape index (κ2) is 11.7. The van der Waals surface area contributed by atoms with Gasteiger partial charge in [0.1, 0.15) is 11.6 Å². The monoisotopic (exact) mass is 512 g/mol. The van der Waals surface area contributed by atoms with Crippen LogP contribution in [0.1, 0.15) is 50.1 Å². The molecule has 1 amide bonds. The van der Waals surface area contributed by atoms with Crippen molar-refractivity contribution in [2.75, 3.05) is 5.32 Å². The molecule has 3 aromatic rings. The van der Waals surface area contributed by atoms with Gasteiger partial charge in [-0.2, -0.15) is 0 Å². The number of amides is 1. The minimum Gasteiger partial charge on any atom is -0.325 e. The van der Waals surface area contributed by atoms with E-state index in [-0.39, 0.29) is 22.5 Å². The van der Waals surface area contributed by atoms with Gasteiger partial charge in [-0.1, -0.05) is 74.5 Å². The van der Waals surface area contributed by atoms with E-state index < -0.39 is 15.1 Å². The van der Waals surface area contributed by atoms with Gasteiger partial charge in [-0.15, -0.1) is 16.8 Å². The molecule has 0 aliphatic rings. The number of nitrogens with zero attached hydrogens (tertiary/aromatic N) is 3. The number of hydrogen-bond donors (Lipinski definition) is 1. The van der Waals surface area contributed by atoms with Crippen molar-refractivity contribution in [1.82, 2.24) is 14.8 Å². The Kier molecular flexibility index (Phi) is 8.91. The normalized spacial score (nSPS) is 12.5. The standard InChI is InChI=1S/C26H32N4O3S2/c1-6-16-30-24(17-35(32,33)20-14-12-19(5)13-15-20)28-29-26(30)34-23(7-2)25(31)27-22-11-9-8-10-21(22)18(3)4/h6,8-15,18,23H,1,7,16-17H2,2-5H3,(H,27,31). The first kappa shape index (κ1) is 26.7. The highest BCUT2D eigenvalue weighted by Gasteiger charge is 2.25. The van der Waals surface area contributed by atoms with E-state index in [1.54, 1.807) is 34.9 Å². The van der Waals surface area contributed by atoms with Crippen LogP contribution in [0.2, 0.25) is 0 Å². The molecule has 3 rings (SSSR count). The Bertz CT molecular complexity index is 1280. The number of benzene rings is 2. The van der Waals surface area contributed by atoms with Crippen molar-refractivity contribution < 1.29 is 13.2 Å². The van der Waals surface area contributed by atoms with Gasteiger partial charge in [0.05, 0.1) is 10.1 Å². The first-order valence-corrected chi connectivity index (χ1v) is 14.1. The molecule has 1 atom stereocenters. The summed E-state index contributed by atoms with van der Waals surface area (Å²) in [6.45, 7) is 12.1. The van der Waals surface area contributed by atoms with Crippen molar-refractivity contribution in [3.63, 3.8) is 0 Å². The number of allylic oxidation sites excluding steroid dienone is 1. The van der Waals surface area contributed by atoms with Gasteiger partial charge in [-0.25, -0.2) is 8.42 Å². The maximum absolute atomic E-state index is 13.1. The Morgan fingerprint density at radius 3 is 2.46 bits per heavy atom. The molecule has 0 radical (unpaired) electrons. The number of para-hydroxylation sites is 1. The van der Waals surface area contributed by atoms with E-state index in [1.165, 1.54) is 11.8 Å². The molecule has 1 N–H and O–H groups in total. The maximum Gasteiger partial charge on any atom is 0.237 e. The largest absolute Gasteiger partial charge is 0.325 e. The Labute approximate surface area is 212 Å². The molecule has 0 fully saturated rings. The van der Waals surface area contributed by atoms with Crippen LogP contribution in [0.3, 0.4) is 0 Å². The number of anilines is 1. The van der Waals surface area contributed by atoms with E-state index in [2.05, 4.69) is 35.9 Å². The third-order valence-corrected chi connectivity index (χ3v) is 8.53. The molecule has 0 bridgehead atoms. The average molecular weight is 513 g/mol. The minimum atomic E-state index is -3.61. The van der Waals surface area contributed by atoms with Crippen LogP contribution >= 0.6 is 11.8 Å². The Morgan fingerprint density at radius 2 is 1.83 bits per heavy atom. The van der Waals surface area contributed by atoms with Crippen LogP contribution < -0.4 is 5.32 Å². The van der Waals surface area contributed by atoms with Gasteiger partial charge in [0.15, 0.2) is 15.0 Å². The van der Waals surface area contributed by atoms with Crippen molar-refractivity contribution in [1.29, 1.82) is 0 Å². The lowest BCUT2D eigenvalue weighted by molar-refractivity contribution is -0.115. The quantitative estimate of drug-likeness (QED) is 0.274. The first-order chi connectivity index (χ1) is 16.7. The average Bonchev–Trinajstić information content (AvgIpc) is 3.18. The van der Waals surface area contributed by atoms with Gasteiger partial charge < -0.3 is 9.88 Å². The lowest BCUT2D eigenvalue weighted by Crippen LogP contribution is -2.25. The molecular weight excluding hydrogens is 480 g/mol. The lowest BCUT2D eigenvalue weighted by atomic mass is 10.0. The number of rotatable bonds is 11. The SMILES string of the molecule is C=CCn1c(CS(=O)(=O)c2ccc(C)cc2)nnc1SC(CC)C(=O)Nc1ccccc1C(C)C. The molecule has 7 nitrogen and oxygen atoms in total. The van der Waals surface area contributed by atoms with E-state index in [0.717, 1.165) is 16.8 Å². The summed E-state index contributed by atoms with van der Waals surface area (Å²) in [4.78, 5) is 13.4. The van der Waals surface area contributed by atoms with Crippen molar-refractivity contribution in [3.8, 4) is 0 Å². The van der Waals surface area contributed by atoms with Crippen molar-refractivity contribution >= 4 is 33.2 Å². The van der Waals surface area contributed by atoms with Gasteiger partial charge in [0, 0.05) is 12.2 Å². The maximum atomic E-state index is 13.1. The second-order valence-electron chi connectivity index (χ2n) is 8.62. The molecule has 1 aromatic heterocycles. The molecule has 0 saturated carbocycles. The van der Waals surface area contributed by atoms with Crippen LogP contribution in [-0.4, -0.2) is 34.3 Å². The smallest absolute Gasteiger partial charge is 0.237 e. The van der Waals surface area contributed by atoms with E-state index >= 15 is 0 Å². The molecule has 0 aliphatic carbocycles. The zero-order valence-corrected chi connectivity index (χ0v) is 22.2. The Morgan fingerprint density at radius 1 is 1.14 bits per heavy atom. The lowest BCUT2D eigenvalue weighted by Gasteiger charge is -2.18. The highest BCUT2D eigenvalue weighted by molar-refractivity contribution is 8.00. The summed E-state index contributed by atoms with van der Waals surface area (Å²) in [5, 5.41) is 11.5. The van der Waals surface area contributed by atoms with E-state index in [0.29, 0.717) is 23.9 Å². The van der Waals surface area contributed by atoms with Crippen molar-refractivity contribution in [2.24, 2.45) is 0 Å². The highest BCUT2D eigenvalue weighted by Crippen LogP contribution is 2.29. The number of aromatic nitrogens is 3. The Balaban J connectivity index is 1.82. The summed E-state index contributed by atoms with van der Waals surface area (Å²) in [7, 11) is -3.61. The first-order valence-electron chi connectivity index (χ1n) is 11.5. The third kappa shape index (κ3) is 6.61. The number of carbonyl (C=O) groups excluding carboxylic acids is 1. The predicted molar refractivity (Wildman–Crippen MR) is 141 cm³/mol. The van der Waals surface area contributed by atoms with Crippen molar-refractivity contribution in [2.45, 2.75) is 67.6 Å². The summed E-state index contributed by atoms with van der Waals surface area (Å²) in [5.41, 5.74) is 2.85. The molecule has 186 valence electrons. The minimum absolute atomic E-state index is 0.132. The van der Waals surface area contributed by atoms with Crippen LogP contribution in [0.4, 0.5) is 5.69 Å². The summed E-state index contributed by atoms with van der Waals surface area (Å²) >= 11 is 1.28. The molecule has 0 aliphatic heterocycles. The van der Waals surface area contributed by atoms with Gasteiger partial charge in [0.25, 0.3) is 0 Å². The molecule has 2 aromatic carbocycles. The van der Waals surface area contributed by atoms with E-state index in [1.807, 2.05) is 38.1 Å². The second-order valence-corrected chi connectivity index (χ2v) is 11.8. The zero-order chi connectivity index (χ0) is 25.6. The van der Waals surface area contributed by atoms with Crippen LogP contribution in [-0.2, 0) is 26.9 Å². The Hall–Kier alpha value is -2.91. The molecule has 35 heavy (non-hydrogen) atoms. The number of sulfone groups is 1. The third-order valence-electron chi connectivity index (χ3n) is 5.56.